The second-order valence-corrected chi connectivity index (χ2v) is 14.8. The number of nitrogens with zero attached hydrogens (tertiary/aromatic N) is 4. The van der Waals surface area contributed by atoms with Crippen molar-refractivity contribution < 1.29 is 30.5 Å². The van der Waals surface area contributed by atoms with Gasteiger partial charge in [-0.15, -0.1) is 0 Å². The lowest BCUT2D eigenvalue weighted by atomic mass is 10.1. The Morgan fingerprint density at radius 2 is 1.66 bits per heavy atom. The van der Waals surface area contributed by atoms with Crippen LogP contribution in [0.1, 0.15) is 11.1 Å². The van der Waals surface area contributed by atoms with E-state index >= 15 is 4.39 Å². The molecule has 2 N–H and O–H groups in total. The molecule has 242 valence electrons. The van der Waals surface area contributed by atoms with Gasteiger partial charge in [-0.1, -0.05) is 29.5 Å². The van der Waals surface area contributed by atoms with Crippen LogP contribution in [0.5, 0.6) is 0 Å². The zero-order valence-corrected chi connectivity index (χ0v) is 26.8. The van der Waals surface area contributed by atoms with E-state index in [1.54, 1.807) is 12.3 Å². The van der Waals surface area contributed by atoms with E-state index in [9.17, 15) is 21.4 Å². The number of sulfonamides is 1. The van der Waals surface area contributed by atoms with Gasteiger partial charge in [-0.05, 0) is 53.6 Å². The molecule has 1 fully saturated rings. The quantitative estimate of drug-likeness (QED) is 0.206. The van der Waals surface area contributed by atoms with E-state index < -0.39 is 48.9 Å². The highest BCUT2D eigenvalue weighted by Crippen LogP contribution is 2.42. The molecule has 16 heteroatoms. The Hall–Kier alpha value is -4.38. The molecular weight excluding hydrogens is 674 g/mol. The number of halogens is 3. The molecule has 3 aromatic carbocycles. The minimum atomic E-state index is -4.84. The molecule has 7 rings (SSSR count). The monoisotopic (exact) mass is 698 g/mol. The fourth-order valence-corrected chi connectivity index (χ4v) is 8.98. The zero-order valence-electron chi connectivity index (χ0n) is 24.4. The molecule has 10 nitrogen and oxygen atoms in total. The van der Waals surface area contributed by atoms with Crippen molar-refractivity contribution >= 4 is 54.6 Å². The number of morpholine rings is 1. The van der Waals surface area contributed by atoms with Crippen LogP contribution >= 0.6 is 11.3 Å². The summed E-state index contributed by atoms with van der Waals surface area (Å²) >= 11 is 1.28. The molecule has 0 amide bonds. The van der Waals surface area contributed by atoms with Gasteiger partial charge in [0, 0.05) is 52.8 Å². The van der Waals surface area contributed by atoms with Crippen LogP contribution in [0.15, 0.2) is 71.8 Å². The predicted octanol–water partition coefficient (Wildman–Crippen LogP) is 5.83. The number of anilines is 4. The number of fused-ring (bicyclic) bond motifs is 1. The van der Waals surface area contributed by atoms with Gasteiger partial charge in [-0.2, -0.15) is 0 Å². The Morgan fingerprint density at radius 3 is 2.45 bits per heavy atom. The van der Waals surface area contributed by atoms with Crippen LogP contribution in [-0.4, -0.2) is 53.9 Å². The molecule has 0 saturated carbocycles. The minimum absolute atomic E-state index is 0.0512. The van der Waals surface area contributed by atoms with E-state index in [-0.39, 0.29) is 17.2 Å². The van der Waals surface area contributed by atoms with E-state index in [4.69, 9.17) is 9.72 Å². The summed E-state index contributed by atoms with van der Waals surface area (Å²) in [7, 11) is -5.76. The number of hydrogen-bond donors (Lipinski definition) is 2. The summed E-state index contributed by atoms with van der Waals surface area (Å²) in [6.45, 7) is 2.09. The van der Waals surface area contributed by atoms with Gasteiger partial charge in [0.15, 0.2) is 15.8 Å². The Bertz CT molecular complexity index is 2120. The summed E-state index contributed by atoms with van der Waals surface area (Å²) in [6, 6.07) is 14.0. The normalized spacial score (nSPS) is 16.2. The highest BCUT2D eigenvalue weighted by molar-refractivity contribution is 7.92. The van der Waals surface area contributed by atoms with Gasteiger partial charge in [-0.25, -0.2) is 36.5 Å². The van der Waals surface area contributed by atoms with Gasteiger partial charge in [0.2, 0.25) is 5.95 Å². The van der Waals surface area contributed by atoms with Crippen molar-refractivity contribution in [3.63, 3.8) is 0 Å². The van der Waals surface area contributed by atoms with Crippen molar-refractivity contribution in [2.45, 2.75) is 16.4 Å². The van der Waals surface area contributed by atoms with Crippen LogP contribution in [0, 0.1) is 17.5 Å². The number of hydrogen-bond acceptors (Lipinski definition) is 10. The fourth-order valence-electron chi connectivity index (χ4n) is 5.33. The largest absolute Gasteiger partial charge is 0.378 e. The average molecular weight is 699 g/mol. The first kappa shape index (κ1) is 31.2. The van der Waals surface area contributed by atoms with Crippen LogP contribution < -0.4 is 14.9 Å². The highest BCUT2D eigenvalue weighted by Gasteiger charge is 2.28. The molecular formula is C31H25F3N6O4S3. The summed E-state index contributed by atoms with van der Waals surface area (Å²) < 4.78 is 90.3. The third-order valence-electron chi connectivity index (χ3n) is 7.57. The van der Waals surface area contributed by atoms with E-state index in [2.05, 4.69) is 15.3 Å². The second kappa shape index (κ2) is 12.7. The molecule has 1 unspecified atom stereocenters. The van der Waals surface area contributed by atoms with Gasteiger partial charge in [-0.3, -0.25) is 8.93 Å². The van der Waals surface area contributed by atoms with Crippen LogP contribution in [0.4, 0.5) is 35.6 Å². The van der Waals surface area contributed by atoms with E-state index in [0.717, 1.165) is 41.1 Å². The van der Waals surface area contributed by atoms with Crippen molar-refractivity contribution in [1.82, 2.24) is 15.0 Å². The average Bonchev–Trinajstić information content (AvgIpc) is 3.65. The molecule has 1 atom stereocenters. The molecule has 0 spiro atoms. The lowest BCUT2D eigenvalue weighted by Gasteiger charge is -2.26. The number of aromatic nitrogens is 3. The van der Waals surface area contributed by atoms with Gasteiger partial charge < -0.3 is 15.0 Å². The van der Waals surface area contributed by atoms with Crippen molar-refractivity contribution in [3.05, 3.63) is 95.4 Å². The van der Waals surface area contributed by atoms with E-state index in [1.807, 2.05) is 27.8 Å². The molecule has 2 aliphatic rings. The Balaban J connectivity index is 1.27. The smallest absolute Gasteiger partial charge is 0.267 e. The van der Waals surface area contributed by atoms with Crippen LogP contribution in [0.3, 0.4) is 0 Å². The molecule has 4 heterocycles. The third-order valence-corrected chi connectivity index (χ3v) is 11.4. The van der Waals surface area contributed by atoms with Crippen molar-refractivity contribution in [2.75, 3.05) is 41.2 Å². The van der Waals surface area contributed by atoms with Gasteiger partial charge in [0.1, 0.15) is 11.6 Å². The molecule has 0 bridgehead atoms. The summed E-state index contributed by atoms with van der Waals surface area (Å²) in [5.41, 5.74) is 2.81. The number of rotatable bonds is 8. The van der Waals surface area contributed by atoms with Gasteiger partial charge >= 0.3 is 0 Å². The number of nitrogens with one attached hydrogen (secondary N) is 2. The maximum atomic E-state index is 16.2. The summed E-state index contributed by atoms with van der Waals surface area (Å²) in [5.74, 6) is -2.34. The van der Waals surface area contributed by atoms with E-state index in [1.165, 1.54) is 23.5 Å². The zero-order chi connectivity index (χ0) is 32.7. The molecule has 2 aromatic heterocycles. The summed E-state index contributed by atoms with van der Waals surface area (Å²) in [5, 5.41) is 3.76. The maximum Gasteiger partial charge on any atom is 0.267 e. The first-order valence-electron chi connectivity index (χ1n) is 14.3. The number of benzene rings is 3. The van der Waals surface area contributed by atoms with Crippen LogP contribution in [0.25, 0.3) is 21.8 Å². The molecule has 0 aliphatic carbocycles. The second-order valence-electron chi connectivity index (χ2n) is 10.7. The minimum Gasteiger partial charge on any atom is -0.378 e. The first-order chi connectivity index (χ1) is 22.7. The predicted molar refractivity (Wildman–Crippen MR) is 174 cm³/mol. The molecule has 1 saturated heterocycles. The number of ether oxygens (including phenoxy) is 1. The van der Waals surface area contributed by atoms with Crippen LogP contribution in [-0.2, 0) is 37.1 Å². The third kappa shape index (κ3) is 6.33. The SMILES string of the molecule is O=S1Cc2ccc(Nc3nccc(-c4sc(N5CCOCC5)nc4-c4cccc(NS(=O)(=O)c5c(F)cccc5F)c4F)n3)cc2C1. The lowest BCUT2D eigenvalue weighted by molar-refractivity contribution is 0.122. The van der Waals surface area contributed by atoms with Crippen molar-refractivity contribution in [3.8, 4) is 21.8 Å². The molecule has 5 aromatic rings. The van der Waals surface area contributed by atoms with Gasteiger partial charge in [0.05, 0.1) is 35.2 Å². The topological polar surface area (TPSA) is 126 Å². The first-order valence-corrected chi connectivity index (χ1v) is 18.1. The molecule has 2 aliphatic heterocycles. The molecule has 0 radical (unpaired) electrons. The molecule has 47 heavy (non-hydrogen) atoms. The Morgan fingerprint density at radius 1 is 0.915 bits per heavy atom. The standard InChI is InChI=1S/C31H25F3N6O4S3/c32-22-4-2-5-23(33)29(22)47(42,43)39-24-6-1-3-21(26(24)34)27-28(45-31(38-27)40-11-13-44-14-12-40)25-9-10-35-30(37-25)36-20-8-7-18-16-46(41)17-19(18)15-20/h1-10,15,39H,11-14,16-17H2,(H,35,36,37). The van der Waals surface area contributed by atoms with Crippen LogP contribution in [0.2, 0.25) is 0 Å². The van der Waals surface area contributed by atoms with Gasteiger partial charge in [0.25, 0.3) is 10.0 Å². The highest BCUT2D eigenvalue weighted by atomic mass is 32.2. The Labute approximate surface area is 274 Å². The fraction of sp³-hybridized carbons (Fsp3) is 0.194. The van der Waals surface area contributed by atoms with E-state index in [0.29, 0.717) is 53.5 Å². The maximum absolute atomic E-state index is 16.2. The van der Waals surface area contributed by atoms with Crippen molar-refractivity contribution in [2.24, 2.45) is 0 Å². The summed E-state index contributed by atoms with van der Waals surface area (Å²) in [4.78, 5) is 15.1. The lowest BCUT2D eigenvalue weighted by Crippen LogP contribution is -2.36. The van der Waals surface area contributed by atoms with Crippen molar-refractivity contribution in [1.29, 1.82) is 0 Å². The number of thiazole rings is 1. The Kier molecular flexibility index (Phi) is 8.42. The summed E-state index contributed by atoms with van der Waals surface area (Å²) in [6.07, 6.45) is 1.55.